The minimum Gasteiger partial charge on any atom is -0.544 e. The summed E-state index contributed by atoms with van der Waals surface area (Å²) >= 11 is 1.03. The van der Waals surface area contributed by atoms with Gasteiger partial charge in [0.2, 0.25) is 0 Å². The third-order valence-electron chi connectivity index (χ3n) is 3.63. The minimum absolute atomic E-state index is 0.0992. The Hall–Kier alpha value is -3.26. The predicted molar refractivity (Wildman–Crippen MR) is 95.0 cm³/mol. The van der Waals surface area contributed by atoms with E-state index in [0.717, 1.165) is 16.9 Å². The molecule has 1 amide bonds. The molecule has 0 saturated heterocycles. The van der Waals surface area contributed by atoms with Gasteiger partial charge in [0, 0.05) is 5.56 Å². The lowest BCUT2D eigenvalue weighted by molar-refractivity contribution is -0.254. The van der Waals surface area contributed by atoms with Crippen molar-refractivity contribution < 1.29 is 19.2 Å². The summed E-state index contributed by atoms with van der Waals surface area (Å²) in [5.41, 5.74) is 4.43. The predicted octanol–water partition coefficient (Wildman–Crippen LogP) is 2.23. The molecule has 0 saturated carbocycles. The van der Waals surface area contributed by atoms with Gasteiger partial charge in [0.05, 0.1) is 21.4 Å². The maximum atomic E-state index is 12.6. The summed E-state index contributed by atoms with van der Waals surface area (Å²) in [6.45, 7) is 3.32. The van der Waals surface area contributed by atoms with Gasteiger partial charge in [0.1, 0.15) is 17.0 Å². The molecule has 2 aromatic heterocycles. The van der Waals surface area contributed by atoms with Crippen LogP contribution in [0, 0.1) is 6.92 Å². The zero-order valence-corrected chi connectivity index (χ0v) is 14.8. The molecule has 2 heterocycles. The first-order valence-corrected chi connectivity index (χ1v) is 8.47. The highest BCUT2D eigenvalue weighted by Crippen LogP contribution is 2.25. The topological polar surface area (TPSA) is 108 Å². The number of hydrazone groups is 1. The Balaban J connectivity index is 1.82. The summed E-state index contributed by atoms with van der Waals surface area (Å²) in [5, 5.41) is 18.8. The van der Waals surface area contributed by atoms with Gasteiger partial charge >= 0.3 is 0 Å². The fourth-order valence-corrected chi connectivity index (χ4v) is 3.11. The van der Waals surface area contributed by atoms with Crippen LogP contribution in [0.2, 0.25) is 0 Å². The Labute approximate surface area is 153 Å². The van der Waals surface area contributed by atoms with Crippen LogP contribution >= 0.6 is 11.3 Å². The standard InChI is InChI=1S/C18H15N3O4S/c1-10(13-8-9-14(26-13)18(23)24)19-20-17(22)15-11(2)25-21-16(15)12-6-4-3-5-7-12/h3-9H,1-2H3,(H,20,22)(H,23,24)/p-1/b19-10-. The van der Waals surface area contributed by atoms with Crippen molar-refractivity contribution in [2.75, 3.05) is 0 Å². The van der Waals surface area contributed by atoms with Gasteiger partial charge in [-0.15, -0.1) is 11.3 Å². The van der Waals surface area contributed by atoms with E-state index in [-0.39, 0.29) is 4.88 Å². The van der Waals surface area contributed by atoms with Crippen LogP contribution in [-0.2, 0) is 0 Å². The molecule has 0 unspecified atom stereocenters. The van der Waals surface area contributed by atoms with E-state index in [1.54, 1.807) is 19.9 Å². The van der Waals surface area contributed by atoms with Crippen molar-refractivity contribution in [3.05, 3.63) is 63.5 Å². The maximum absolute atomic E-state index is 12.6. The number of aryl methyl sites for hydroxylation is 1. The number of carbonyl (C=O) groups excluding carboxylic acids is 2. The first-order valence-electron chi connectivity index (χ1n) is 7.65. The molecule has 1 aromatic carbocycles. The molecule has 1 N–H and O–H groups in total. The summed E-state index contributed by atoms with van der Waals surface area (Å²) in [6, 6.07) is 12.3. The summed E-state index contributed by atoms with van der Waals surface area (Å²) in [4.78, 5) is 24.1. The van der Waals surface area contributed by atoms with Crippen LogP contribution in [0.25, 0.3) is 11.3 Å². The maximum Gasteiger partial charge on any atom is 0.277 e. The van der Waals surface area contributed by atoms with Gasteiger partial charge in [-0.25, -0.2) is 5.43 Å². The van der Waals surface area contributed by atoms with Crippen LogP contribution in [0.5, 0.6) is 0 Å². The van der Waals surface area contributed by atoms with Gasteiger partial charge in [-0.1, -0.05) is 35.5 Å². The van der Waals surface area contributed by atoms with E-state index in [9.17, 15) is 14.7 Å². The average molecular weight is 368 g/mol. The van der Waals surface area contributed by atoms with E-state index in [0.29, 0.717) is 27.6 Å². The molecule has 132 valence electrons. The number of carbonyl (C=O) groups is 2. The van der Waals surface area contributed by atoms with Crippen LogP contribution in [0.1, 0.15) is 37.6 Å². The molecule has 0 aliphatic carbocycles. The van der Waals surface area contributed by atoms with Crippen molar-refractivity contribution in [3.63, 3.8) is 0 Å². The number of hydrogen-bond donors (Lipinski definition) is 1. The molecule has 0 fully saturated rings. The normalized spacial score (nSPS) is 11.4. The number of thiophene rings is 1. The Morgan fingerprint density at radius 2 is 1.85 bits per heavy atom. The number of nitrogens with zero attached hydrogens (tertiary/aromatic N) is 2. The fraction of sp³-hybridized carbons (Fsp3) is 0.111. The average Bonchev–Trinajstić information content (AvgIpc) is 3.27. The van der Waals surface area contributed by atoms with E-state index < -0.39 is 11.9 Å². The number of carboxylic acids is 1. The zero-order chi connectivity index (χ0) is 18.7. The molecule has 0 aliphatic heterocycles. The summed E-state index contributed by atoms with van der Waals surface area (Å²) in [6.07, 6.45) is 0. The summed E-state index contributed by atoms with van der Waals surface area (Å²) in [7, 11) is 0. The largest absolute Gasteiger partial charge is 0.544 e. The number of hydrogen-bond acceptors (Lipinski definition) is 7. The van der Waals surface area contributed by atoms with Crippen molar-refractivity contribution in [1.82, 2.24) is 10.6 Å². The lowest BCUT2D eigenvalue weighted by atomic mass is 10.1. The summed E-state index contributed by atoms with van der Waals surface area (Å²) < 4.78 is 5.16. The van der Waals surface area contributed by atoms with Crippen LogP contribution in [0.3, 0.4) is 0 Å². The second-order valence-corrected chi connectivity index (χ2v) is 6.50. The third-order valence-corrected chi connectivity index (χ3v) is 4.80. The van der Waals surface area contributed by atoms with E-state index in [1.165, 1.54) is 6.07 Å². The monoisotopic (exact) mass is 368 g/mol. The number of carboxylic acid groups (broad SMARTS) is 1. The molecule has 3 rings (SSSR count). The van der Waals surface area contributed by atoms with Crippen LogP contribution in [-0.4, -0.2) is 22.7 Å². The Kier molecular flexibility index (Phi) is 4.94. The number of aromatic carboxylic acids is 1. The van der Waals surface area contributed by atoms with E-state index in [4.69, 9.17) is 4.52 Å². The van der Waals surface area contributed by atoms with Crippen molar-refractivity contribution in [2.45, 2.75) is 13.8 Å². The lowest BCUT2D eigenvalue weighted by Gasteiger charge is -2.03. The van der Waals surface area contributed by atoms with E-state index in [1.807, 2.05) is 30.3 Å². The first-order chi connectivity index (χ1) is 12.5. The van der Waals surface area contributed by atoms with Gasteiger partial charge in [-0.2, -0.15) is 5.10 Å². The Bertz CT molecular complexity index is 989. The number of aromatic nitrogens is 1. The zero-order valence-electron chi connectivity index (χ0n) is 14.0. The number of benzene rings is 1. The highest BCUT2D eigenvalue weighted by molar-refractivity contribution is 7.15. The number of rotatable bonds is 5. The van der Waals surface area contributed by atoms with Crippen molar-refractivity contribution in [2.24, 2.45) is 5.10 Å². The third kappa shape index (κ3) is 3.55. The van der Waals surface area contributed by atoms with Crippen LogP contribution in [0.15, 0.2) is 52.1 Å². The highest BCUT2D eigenvalue weighted by Gasteiger charge is 2.21. The second-order valence-electron chi connectivity index (χ2n) is 5.42. The van der Waals surface area contributed by atoms with Crippen LogP contribution in [0.4, 0.5) is 0 Å². The molecule has 0 bridgehead atoms. The molecule has 0 aliphatic rings. The molecule has 3 aromatic rings. The molecule has 7 nitrogen and oxygen atoms in total. The second kappa shape index (κ2) is 7.32. The number of amides is 1. The Morgan fingerprint density at radius 3 is 2.50 bits per heavy atom. The smallest absolute Gasteiger partial charge is 0.277 e. The molecular weight excluding hydrogens is 354 g/mol. The van der Waals surface area contributed by atoms with Gasteiger partial charge in [0.25, 0.3) is 5.91 Å². The van der Waals surface area contributed by atoms with Gasteiger partial charge < -0.3 is 14.4 Å². The van der Waals surface area contributed by atoms with Crippen molar-refractivity contribution in [1.29, 1.82) is 0 Å². The molecule has 0 atom stereocenters. The highest BCUT2D eigenvalue weighted by atomic mass is 32.1. The fourth-order valence-electron chi connectivity index (χ4n) is 2.32. The quantitative estimate of drug-likeness (QED) is 0.549. The van der Waals surface area contributed by atoms with E-state index >= 15 is 0 Å². The SMILES string of the molecule is C/C(=N/NC(=O)c1c(-c2ccccc2)noc1C)c1ccc(C(=O)[O-])s1. The first kappa shape index (κ1) is 17.6. The molecular formula is C18H14N3O4S-. The molecule has 0 spiro atoms. The van der Waals surface area contributed by atoms with Crippen molar-refractivity contribution >= 4 is 28.9 Å². The summed E-state index contributed by atoms with van der Waals surface area (Å²) in [5.74, 6) is -1.33. The van der Waals surface area contributed by atoms with Crippen LogP contribution < -0.4 is 10.5 Å². The van der Waals surface area contributed by atoms with Gasteiger partial charge in [0.15, 0.2) is 0 Å². The lowest BCUT2D eigenvalue weighted by Crippen LogP contribution is -2.21. The minimum atomic E-state index is -1.24. The van der Waals surface area contributed by atoms with Gasteiger partial charge in [-0.05, 0) is 26.0 Å². The molecule has 8 heteroatoms. The van der Waals surface area contributed by atoms with E-state index in [2.05, 4.69) is 15.7 Å². The number of nitrogens with one attached hydrogen (secondary N) is 1. The van der Waals surface area contributed by atoms with Crippen molar-refractivity contribution in [3.8, 4) is 11.3 Å². The molecule has 26 heavy (non-hydrogen) atoms. The van der Waals surface area contributed by atoms with Gasteiger partial charge in [-0.3, -0.25) is 4.79 Å². The molecule has 0 radical (unpaired) electrons. The Morgan fingerprint density at radius 1 is 1.15 bits per heavy atom.